The molecule has 1 fully saturated rings. The number of nitrogens with zero attached hydrogens (tertiary/aromatic N) is 1. The molecule has 1 saturated heterocycles. The molecule has 0 aliphatic carbocycles. The van der Waals surface area contributed by atoms with Crippen LogP contribution >= 0.6 is 11.6 Å². The third kappa shape index (κ3) is 3.06. The van der Waals surface area contributed by atoms with Crippen LogP contribution in [-0.4, -0.2) is 28.4 Å². The van der Waals surface area contributed by atoms with Gasteiger partial charge in [-0.05, 0) is 53.1 Å². The van der Waals surface area contributed by atoms with Crippen LogP contribution in [0.2, 0.25) is 5.02 Å². The molecule has 0 saturated carbocycles. The molecule has 1 aliphatic heterocycles. The van der Waals surface area contributed by atoms with Crippen LogP contribution in [-0.2, 0) is 14.9 Å². The Labute approximate surface area is 152 Å². The van der Waals surface area contributed by atoms with Gasteiger partial charge in [0.2, 0.25) is 0 Å². The number of fused-ring (bicyclic) bond motifs is 1. The lowest BCUT2D eigenvalue weighted by Crippen LogP contribution is -2.41. The summed E-state index contributed by atoms with van der Waals surface area (Å²) in [5, 5.41) is 10.9. The van der Waals surface area contributed by atoms with Crippen LogP contribution in [0.3, 0.4) is 0 Å². The van der Waals surface area contributed by atoms with Crippen molar-refractivity contribution in [3.05, 3.63) is 34.7 Å². The Morgan fingerprint density at radius 1 is 1.16 bits per heavy atom. The van der Waals surface area contributed by atoms with Gasteiger partial charge in [-0.25, -0.2) is 4.39 Å². The molecule has 0 amide bonds. The molecule has 134 valence electrons. The molecule has 1 aromatic heterocycles. The Kier molecular flexibility index (Phi) is 4.20. The van der Waals surface area contributed by atoms with Crippen LogP contribution in [0.4, 0.5) is 4.39 Å². The maximum atomic E-state index is 14.6. The van der Waals surface area contributed by atoms with E-state index in [1.54, 1.807) is 19.9 Å². The molecule has 4 nitrogen and oxygen atoms in total. The minimum atomic E-state index is -1.19. The quantitative estimate of drug-likeness (QED) is 0.827. The van der Waals surface area contributed by atoms with E-state index in [9.17, 15) is 9.50 Å². The fraction of sp³-hybridized carbons (Fsp3) is 0.500. The van der Waals surface area contributed by atoms with Gasteiger partial charge in [0.15, 0.2) is 0 Å². The first-order valence-electron chi connectivity index (χ1n) is 8.20. The van der Waals surface area contributed by atoms with Crippen molar-refractivity contribution in [1.29, 1.82) is 0 Å². The zero-order valence-electron chi connectivity index (χ0n) is 15.3. The summed E-state index contributed by atoms with van der Waals surface area (Å²) in [5.74, 6) is -0.508. The monoisotopic (exact) mass is 365 g/mol. The maximum absolute atomic E-state index is 14.6. The number of halogens is 2. The molecule has 0 radical (unpaired) electrons. The van der Waals surface area contributed by atoms with Gasteiger partial charge in [0.05, 0.1) is 21.8 Å². The molecule has 0 spiro atoms. The highest BCUT2D eigenvalue weighted by Gasteiger charge is 2.51. The smallest absolute Gasteiger partial charge is 0.399 e. The average molecular weight is 366 g/mol. The average Bonchev–Trinajstić information content (AvgIpc) is 2.67. The fourth-order valence-electron chi connectivity index (χ4n) is 2.79. The van der Waals surface area contributed by atoms with Gasteiger partial charge in [0.25, 0.3) is 0 Å². The van der Waals surface area contributed by atoms with Crippen molar-refractivity contribution < 1.29 is 18.8 Å². The number of hydrogen-bond acceptors (Lipinski definition) is 4. The van der Waals surface area contributed by atoms with Gasteiger partial charge in [-0.3, -0.25) is 4.98 Å². The Hall–Kier alpha value is -1.21. The van der Waals surface area contributed by atoms with Crippen LogP contribution < -0.4 is 5.46 Å². The molecule has 2 aromatic rings. The van der Waals surface area contributed by atoms with E-state index in [2.05, 4.69) is 4.98 Å². The zero-order valence-corrected chi connectivity index (χ0v) is 16.0. The highest BCUT2D eigenvalue weighted by molar-refractivity contribution is 6.62. The summed E-state index contributed by atoms with van der Waals surface area (Å²) in [6.45, 7) is 11.0. The topological polar surface area (TPSA) is 51.6 Å². The molecule has 1 N–H and O–H groups in total. The molecule has 1 aliphatic rings. The summed E-state index contributed by atoms with van der Waals surface area (Å²) in [6.07, 6.45) is 1.40. The van der Waals surface area contributed by atoms with E-state index < -0.39 is 29.7 Å². The largest absolute Gasteiger partial charge is 0.494 e. The van der Waals surface area contributed by atoms with E-state index in [-0.39, 0.29) is 10.5 Å². The predicted octanol–water partition coefficient (Wildman–Crippen LogP) is 3.55. The number of aromatic nitrogens is 1. The van der Waals surface area contributed by atoms with Gasteiger partial charge < -0.3 is 14.4 Å². The molecule has 7 heteroatoms. The first-order valence-corrected chi connectivity index (χ1v) is 8.57. The van der Waals surface area contributed by atoms with E-state index in [1.807, 2.05) is 27.7 Å². The summed E-state index contributed by atoms with van der Waals surface area (Å²) in [5.41, 5.74) is -1.12. The Balaban J connectivity index is 2.15. The third-order valence-electron chi connectivity index (χ3n) is 5.07. The summed E-state index contributed by atoms with van der Waals surface area (Å²) in [6, 6.07) is 3.07. The van der Waals surface area contributed by atoms with Crippen molar-refractivity contribution in [1.82, 2.24) is 4.98 Å². The van der Waals surface area contributed by atoms with Gasteiger partial charge in [0.1, 0.15) is 11.3 Å². The van der Waals surface area contributed by atoms with E-state index >= 15 is 0 Å². The van der Waals surface area contributed by atoms with E-state index in [1.165, 1.54) is 12.3 Å². The molecular formula is C18H22BClFNO3. The normalized spacial score (nSPS) is 19.6. The number of aliphatic hydroxyl groups is 1. The first kappa shape index (κ1) is 18.6. The van der Waals surface area contributed by atoms with Crippen molar-refractivity contribution in [2.24, 2.45) is 0 Å². The highest BCUT2D eigenvalue weighted by atomic mass is 35.5. The molecule has 0 unspecified atom stereocenters. The van der Waals surface area contributed by atoms with Crippen molar-refractivity contribution >= 4 is 35.1 Å². The van der Waals surface area contributed by atoms with Gasteiger partial charge in [-0.15, -0.1) is 0 Å². The Morgan fingerprint density at radius 2 is 1.72 bits per heavy atom. The van der Waals surface area contributed by atoms with Gasteiger partial charge >= 0.3 is 7.12 Å². The first-order chi connectivity index (χ1) is 11.3. The molecule has 0 atom stereocenters. The number of rotatable bonds is 2. The zero-order chi connectivity index (χ0) is 18.8. The molecule has 25 heavy (non-hydrogen) atoms. The number of pyridine rings is 1. The fourth-order valence-corrected chi connectivity index (χ4v) is 3.22. The van der Waals surface area contributed by atoms with Crippen molar-refractivity contribution in [2.45, 2.75) is 58.3 Å². The van der Waals surface area contributed by atoms with Crippen molar-refractivity contribution in [2.75, 3.05) is 0 Å². The minimum Gasteiger partial charge on any atom is -0.399 e. The SMILES string of the molecule is CC(C)(O)c1cnc2c(F)cc(B3OC(C)(C)C(C)(C)O3)cc2c1Cl. The Morgan fingerprint density at radius 3 is 2.24 bits per heavy atom. The lowest BCUT2D eigenvalue weighted by molar-refractivity contribution is 0.00578. The second-order valence-electron chi connectivity index (χ2n) is 8.03. The minimum absolute atomic E-state index is 0.151. The van der Waals surface area contributed by atoms with Crippen molar-refractivity contribution in [3.8, 4) is 0 Å². The summed E-state index contributed by atoms with van der Waals surface area (Å²) >= 11 is 6.44. The van der Waals surface area contributed by atoms with Gasteiger partial charge in [-0.1, -0.05) is 17.7 Å². The second kappa shape index (κ2) is 5.65. The van der Waals surface area contributed by atoms with E-state index in [0.29, 0.717) is 16.4 Å². The number of benzene rings is 1. The number of hydrogen-bond donors (Lipinski definition) is 1. The van der Waals surface area contributed by atoms with Crippen LogP contribution in [0, 0.1) is 5.82 Å². The third-order valence-corrected chi connectivity index (χ3v) is 5.47. The van der Waals surface area contributed by atoms with Crippen molar-refractivity contribution in [3.63, 3.8) is 0 Å². The predicted molar refractivity (Wildman–Crippen MR) is 97.7 cm³/mol. The van der Waals surface area contributed by atoms with Gasteiger partial charge in [0, 0.05) is 17.1 Å². The van der Waals surface area contributed by atoms with E-state index in [0.717, 1.165) is 0 Å². The molecule has 1 aromatic carbocycles. The molecular weight excluding hydrogens is 343 g/mol. The van der Waals surface area contributed by atoms with Crippen LogP contribution in [0.5, 0.6) is 0 Å². The van der Waals surface area contributed by atoms with E-state index in [4.69, 9.17) is 20.9 Å². The molecule has 2 heterocycles. The summed E-state index contributed by atoms with van der Waals surface area (Å²) in [7, 11) is -0.703. The highest BCUT2D eigenvalue weighted by Crippen LogP contribution is 2.37. The lowest BCUT2D eigenvalue weighted by atomic mass is 9.78. The Bertz CT molecular complexity index is 832. The maximum Gasteiger partial charge on any atom is 0.494 e. The summed E-state index contributed by atoms with van der Waals surface area (Å²) < 4.78 is 26.6. The van der Waals surface area contributed by atoms with Crippen LogP contribution in [0.1, 0.15) is 47.1 Å². The lowest BCUT2D eigenvalue weighted by Gasteiger charge is -2.32. The molecule has 0 bridgehead atoms. The second-order valence-corrected chi connectivity index (χ2v) is 8.41. The van der Waals surface area contributed by atoms with Crippen LogP contribution in [0.15, 0.2) is 18.3 Å². The standard InChI is InChI=1S/C18H22BClFNO3/c1-16(2,23)12-9-22-15-11(14(12)20)7-10(8-13(15)21)19-24-17(3,4)18(5,6)25-19/h7-9,23H,1-6H3. The summed E-state index contributed by atoms with van der Waals surface area (Å²) in [4.78, 5) is 4.13. The van der Waals surface area contributed by atoms with Gasteiger partial charge in [-0.2, -0.15) is 0 Å². The molecule has 3 rings (SSSR count). The van der Waals surface area contributed by atoms with Crippen LogP contribution in [0.25, 0.3) is 10.9 Å².